The molecule has 0 aliphatic heterocycles. The van der Waals surface area contributed by atoms with Crippen LogP contribution in [0.2, 0.25) is 5.02 Å². The van der Waals surface area contributed by atoms with Crippen LogP contribution in [0.3, 0.4) is 0 Å². The number of nitrogens with zero attached hydrogens (tertiary/aromatic N) is 2. The Morgan fingerprint density at radius 1 is 0.943 bits per heavy atom. The highest BCUT2D eigenvalue weighted by molar-refractivity contribution is 7.90. The van der Waals surface area contributed by atoms with Crippen LogP contribution in [-0.4, -0.2) is 30.8 Å². The first-order valence-corrected chi connectivity index (χ1v) is 13.1. The molecule has 0 aliphatic carbocycles. The monoisotopic (exact) mass is 508 g/mol. The van der Waals surface area contributed by atoms with Gasteiger partial charge in [-0.15, -0.1) is 0 Å². The molecule has 1 aromatic heterocycles. The zero-order chi connectivity index (χ0) is 24.8. The number of urea groups is 1. The van der Waals surface area contributed by atoms with Gasteiger partial charge in [0.05, 0.1) is 22.0 Å². The van der Waals surface area contributed by atoms with Crippen molar-refractivity contribution in [3.63, 3.8) is 0 Å². The average Bonchev–Trinajstić information content (AvgIpc) is 3.30. The van der Waals surface area contributed by atoms with E-state index >= 15 is 0 Å². The van der Waals surface area contributed by atoms with Crippen molar-refractivity contribution in [2.45, 2.75) is 24.7 Å². The summed E-state index contributed by atoms with van der Waals surface area (Å²) in [6.45, 7) is 2.39. The van der Waals surface area contributed by atoms with E-state index in [4.69, 9.17) is 16.7 Å². The third-order valence-corrected chi connectivity index (χ3v) is 6.95. The fourth-order valence-electron chi connectivity index (χ4n) is 3.52. The van der Waals surface area contributed by atoms with Crippen molar-refractivity contribution < 1.29 is 13.2 Å². The number of halogens is 1. The second-order valence-electron chi connectivity index (χ2n) is 7.91. The summed E-state index contributed by atoms with van der Waals surface area (Å²) in [6.07, 6.45) is 1.67. The summed E-state index contributed by atoms with van der Waals surface area (Å²) in [5, 5.41) is 7.96. The predicted octanol–water partition coefficient (Wildman–Crippen LogP) is 5.65. The van der Waals surface area contributed by atoms with Crippen molar-refractivity contribution in [3.8, 4) is 28.2 Å². The van der Waals surface area contributed by atoms with Gasteiger partial charge >= 0.3 is 6.03 Å². The predicted molar refractivity (Wildman–Crippen MR) is 138 cm³/mol. The maximum Gasteiger partial charge on any atom is 0.328 e. The van der Waals surface area contributed by atoms with Crippen molar-refractivity contribution in [3.05, 3.63) is 90.0 Å². The quantitative estimate of drug-likeness (QED) is 0.301. The molecule has 0 bridgehead atoms. The molecule has 180 valence electrons. The standard InChI is InChI=1S/C26H25ClN4O3S/c1-2-3-17-28-26(32)30-35(33,34)23-15-13-22(14-16-23)31-25(20-9-11-21(27)12-10-20)18-24(29-31)19-7-5-4-6-8-19/h4-16,18H,2-3,17H2,1H3,(H2,28,30,32). The highest BCUT2D eigenvalue weighted by Gasteiger charge is 2.19. The Balaban J connectivity index is 1.66. The molecule has 35 heavy (non-hydrogen) atoms. The molecule has 0 fully saturated rings. The number of carbonyl (C=O) groups excluding carboxylic acids is 1. The second kappa shape index (κ2) is 10.8. The van der Waals surface area contributed by atoms with Gasteiger partial charge in [0.1, 0.15) is 0 Å². The Labute approximate surface area is 209 Å². The lowest BCUT2D eigenvalue weighted by Gasteiger charge is -2.11. The lowest BCUT2D eigenvalue weighted by molar-refractivity contribution is 0.245. The summed E-state index contributed by atoms with van der Waals surface area (Å²) in [5.41, 5.74) is 4.14. The van der Waals surface area contributed by atoms with Crippen LogP contribution in [0.5, 0.6) is 0 Å². The van der Waals surface area contributed by atoms with Crippen LogP contribution in [-0.2, 0) is 10.0 Å². The lowest BCUT2D eigenvalue weighted by atomic mass is 10.1. The molecule has 0 atom stereocenters. The zero-order valence-electron chi connectivity index (χ0n) is 19.1. The summed E-state index contributed by atoms with van der Waals surface area (Å²) in [5.74, 6) is 0. The molecular weight excluding hydrogens is 484 g/mol. The van der Waals surface area contributed by atoms with E-state index in [1.165, 1.54) is 12.1 Å². The molecule has 0 radical (unpaired) electrons. The molecule has 1 heterocycles. The van der Waals surface area contributed by atoms with Gasteiger partial charge in [-0.25, -0.2) is 22.6 Å². The molecule has 9 heteroatoms. The van der Waals surface area contributed by atoms with E-state index in [1.807, 2.05) is 72.3 Å². The van der Waals surface area contributed by atoms with E-state index in [2.05, 4.69) is 5.32 Å². The van der Waals surface area contributed by atoms with E-state index < -0.39 is 16.1 Å². The van der Waals surface area contributed by atoms with Crippen molar-refractivity contribution >= 4 is 27.7 Å². The first kappa shape index (κ1) is 24.5. The van der Waals surface area contributed by atoms with E-state index in [1.54, 1.807) is 16.8 Å². The van der Waals surface area contributed by atoms with Crippen LogP contribution < -0.4 is 10.0 Å². The third kappa shape index (κ3) is 5.90. The molecule has 2 amide bonds. The van der Waals surface area contributed by atoms with Crippen molar-refractivity contribution in [2.75, 3.05) is 6.54 Å². The number of sulfonamides is 1. The van der Waals surface area contributed by atoms with E-state index in [0.717, 1.165) is 35.4 Å². The molecule has 2 N–H and O–H groups in total. The molecule has 0 saturated carbocycles. The fourth-order valence-corrected chi connectivity index (χ4v) is 4.57. The van der Waals surface area contributed by atoms with Gasteiger partial charge in [-0.05, 0) is 48.9 Å². The Hall–Kier alpha value is -3.62. The van der Waals surface area contributed by atoms with Gasteiger partial charge in [-0.3, -0.25) is 0 Å². The van der Waals surface area contributed by atoms with Crippen LogP contribution in [0.4, 0.5) is 4.79 Å². The topological polar surface area (TPSA) is 93.1 Å². The summed E-state index contributed by atoms with van der Waals surface area (Å²) in [4.78, 5) is 11.9. The fraction of sp³-hybridized carbons (Fsp3) is 0.154. The number of benzene rings is 3. The van der Waals surface area contributed by atoms with Crippen molar-refractivity contribution in [1.29, 1.82) is 0 Å². The van der Waals surface area contributed by atoms with Crippen LogP contribution in [0.15, 0.2) is 89.8 Å². The molecule has 0 spiro atoms. The van der Waals surface area contributed by atoms with Crippen molar-refractivity contribution in [2.24, 2.45) is 0 Å². The lowest BCUT2D eigenvalue weighted by Crippen LogP contribution is -2.39. The Bertz CT molecular complexity index is 1400. The van der Waals surface area contributed by atoms with Gasteiger partial charge in [-0.1, -0.05) is 67.4 Å². The molecule has 0 saturated heterocycles. The first-order valence-electron chi connectivity index (χ1n) is 11.2. The molecule has 0 aliphatic rings. The smallest absolute Gasteiger partial charge is 0.328 e. The van der Waals surface area contributed by atoms with E-state index in [9.17, 15) is 13.2 Å². The Morgan fingerprint density at radius 3 is 2.29 bits per heavy atom. The Kier molecular flexibility index (Phi) is 7.53. The number of amides is 2. The number of rotatable bonds is 8. The second-order valence-corrected chi connectivity index (χ2v) is 10.0. The minimum atomic E-state index is -4.01. The van der Waals surface area contributed by atoms with Crippen LogP contribution >= 0.6 is 11.6 Å². The summed E-state index contributed by atoms with van der Waals surface area (Å²) in [7, 11) is -4.01. The van der Waals surface area contributed by atoms with Gasteiger partial charge in [0.2, 0.25) is 0 Å². The molecule has 0 unspecified atom stereocenters. The number of hydrogen-bond acceptors (Lipinski definition) is 4. The molecule has 3 aromatic carbocycles. The highest BCUT2D eigenvalue weighted by Crippen LogP contribution is 2.30. The van der Waals surface area contributed by atoms with Crippen LogP contribution in [0.25, 0.3) is 28.2 Å². The molecule has 4 rings (SSSR count). The minimum Gasteiger partial charge on any atom is -0.337 e. The largest absolute Gasteiger partial charge is 0.337 e. The number of aromatic nitrogens is 2. The number of unbranched alkanes of at least 4 members (excludes halogenated alkanes) is 1. The van der Waals surface area contributed by atoms with Crippen molar-refractivity contribution in [1.82, 2.24) is 19.8 Å². The summed E-state index contributed by atoms with van der Waals surface area (Å²) >= 11 is 6.07. The van der Waals surface area contributed by atoms with Gasteiger partial charge < -0.3 is 5.32 Å². The molecule has 4 aromatic rings. The summed E-state index contributed by atoms with van der Waals surface area (Å²) in [6, 6.07) is 24.7. The number of carbonyl (C=O) groups is 1. The van der Waals surface area contributed by atoms with Crippen LogP contribution in [0, 0.1) is 0 Å². The maximum absolute atomic E-state index is 12.6. The van der Waals surface area contributed by atoms with Crippen LogP contribution in [0.1, 0.15) is 19.8 Å². The molecule has 7 nitrogen and oxygen atoms in total. The van der Waals surface area contributed by atoms with E-state index in [0.29, 0.717) is 17.3 Å². The highest BCUT2D eigenvalue weighted by atomic mass is 35.5. The maximum atomic E-state index is 12.6. The van der Waals surface area contributed by atoms with Gasteiger partial charge in [-0.2, -0.15) is 5.10 Å². The van der Waals surface area contributed by atoms with Gasteiger partial charge in [0, 0.05) is 22.7 Å². The number of hydrogen-bond donors (Lipinski definition) is 2. The normalized spacial score (nSPS) is 11.3. The van der Waals surface area contributed by atoms with E-state index in [-0.39, 0.29) is 4.90 Å². The van der Waals surface area contributed by atoms with Gasteiger partial charge in [0.15, 0.2) is 0 Å². The average molecular weight is 509 g/mol. The molecular formula is C26H25ClN4O3S. The minimum absolute atomic E-state index is 0.0182. The summed E-state index contributed by atoms with van der Waals surface area (Å²) < 4.78 is 29.1. The van der Waals surface area contributed by atoms with Gasteiger partial charge in [0.25, 0.3) is 10.0 Å². The SMILES string of the molecule is CCCCNC(=O)NS(=O)(=O)c1ccc(-n2nc(-c3ccccc3)cc2-c2ccc(Cl)cc2)cc1. The zero-order valence-corrected chi connectivity index (χ0v) is 20.7. The first-order chi connectivity index (χ1) is 16.9. The number of nitrogens with one attached hydrogen (secondary N) is 2. The Morgan fingerprint density at radius 2 is 1.63 bits per heavy atom. The third-order valence-electron chi connectivity index (χ3n) is 5.35.